The molecule has 3 aliphatic rings. The van der Waals surface area contributed by atoms with Crippen LogP contribution in [-0.2, 0) is 30.5 Å². The number of alkyl carbamates (subject to hydrolysis) is 1. The number of halogens is 1. The van der Waals surface area contributed by atoms with E-state index in [2.05, 4.69) is 16.0 Å². The molecule has 3 atom stereocenters. The molecule has 44 heavy (non-hydrogen) atoms. The van der Waals surface area contributed by atoms with Gasteiger partial charge in [0.2, 0.25) is 17.7 Å². The highest BCUT2D eigenvalue weighted by atomic mass is 35.5. The summed E-state index contributed by atoms with van der Waals surface area (Å²) in [6.45, 7) is 6.85. The minimum absolute atomic E-state index is 0.00178. The number of likely N-dealkylation sites (tertiary alicyclic amines) is 1. The van der Waals surface area contributed by atoms with Gasteiger partial charge in [0.1, 0.15) is 18.9 Å². The van der Waals surface area contributed by atoms with Crippen molar-refractivity contribution in [2.24, 2.45) is 17.3 Å². The molecule has 0 radical (unpaired) electrons. The summed E-state index contributed by atoms with van der Waals surface area (Å²) in [5.41, 5.74) is -0.148. The van der Waals surface area contributed by atoms with Gasteiger partial charge in [-0.1, -0.05) is 76.6 Å². The van der Waals surface area contributed by atoms with E-state index < -0.39 is 41.0 Å². The first-order valence-electron chi connectivity index (χ1n) is 15.9. The maximum Gasteiger partial charge on any atom is 0.408 e. The van der Waals surface area contributed by atoms with Gasteiger partial charge in [-0.2, -0.15) is 0 Å². The van der Waals surface area contributed by atoms with E-state index in [0.717, 1.165) is 37.7 Å². The molecule has 4 amide bonds. The Balaban J connectivity index is 1.33. The van der Waals surface area contributed by atoms with Gasteiger partial charge in [-0.3, -0.25) is 14.4 Å². The van der Waals surface area contributed by atoms with E-state index in [4.69, 9.17) is 16.3 Å². The van der Waals surface area contributed by atoms with Crippen molar-refractivity contribution in [1.29, 1.82) is 0 Å². The van der Waals surface area contributed by atoms with E-state index >= 15 is 0 Å². The number of nitrogens with one attached hydrogen (secondary N) is 3. The summed E-state index contributed by atoms with van der Waals surface area (Å²) in [6.07, 6.45) is 7.67. The molecule has 3 fully saturated rings. The number of benzene rings is 1. The number of aldehydes is 1. The summed E-state index contributed by atoms with van der Waals surface area (Å²) in [4.78, 5) is 65.9. The fourth-order valence-electron chi connectivity index (χ4n) is 6.80. The van der Waals surface area contributed by atoms with Crippen molar-refractivity contribution in [2.45, 2.75) is 109 Å². The van der Waals surface area contributed by atoms with E-state index in [0.29, 0.717) is 50.1 Å². The van der Waals surface area contributed by atoms with Crippen molar-refractivity contribution >= 4 is 41.7 Å². The summed E-state index contributed by atoms with van der Waals surface area (Å²) < 4.78 is 5.37. The van der Waals surface area contributed by atoms with E-state index in [9.17, 15) is 24.0 Å². The highest BCUT2D eigenvalue weighted by molar-refractivity contribution is 6.30. The van der Waals surface area contributed by atoms with Gasteiger partial charge >= 0.3 is 6.09 Å². The number of hydrogen-bond acceptors (Lipinski definition) is 6. The molecule has 11 heteroatoms. The third-order valence-electron chi connectivity index (χ3n) is 9.24. The highest BCUT2D eigenvalue weighted by Crippen LogP contribution is 2.37. The standard InChI is InChI=1S/C33H47ClN4O6/c1-32(2,3)30(42)38-14-12-33(13-15-38)19-24(28(40)37-33)18-26(20-39)35-29(41)27(17-22-8-5-4-6-9-22)36-31(43)44-21-23-10-7-11-25(34)16-23/h7,10-11,16,20,22,24,26-27H,4-6,8-9,12-15,17-19,21H2,1-3H3,(H,35,41)(H,36,43)(H,37,40)/t24?,26?,27-/m0/s1. The van der Waals surface area contributed by atoms with Gasteiger partial charge in [0.05, 0.1) is 6.04 Å². The monoisotopic (exact) mass is 630 g/mol. The van der Waals surface area contributed by atoms with Gasteiger partial charge in [-0.15, -0.1) is 0 Å². The zero-order valence-electron chi connectivity index (χ0n) is 26.2. The number of amides is 4. The van der Waals surface area contributed by atoms with Crippen molar-refractivity contribution in [3.63, 3.8) is 0 Å². The zero-order chi connectivity index (χ0) is 31.9. The lowest BCUT2D eigenvalue weighted by atomic mass is 9.81. The van der Waals surface area contributed by atoms with Crippen LogP contribution in [0.25, 0.3) is 0 Å². The van der Waals surface area contributed by atoms with Gasteiger partial charge in [0.15, 0.2) is 0 Å². The van der Waals surface area contributed by atoms with Crippen molar-refractivity contribution in [3.8, 4) is 0 Å². The number of piperidine rings is 1. The minimum atomic E-state index is -0.880. The Hall–Kier alpha value is -3.14. The second-order valence-electron chi connectivity index (χ2n) is 13.8. The molecule has 1 aliphatic carbocycles. The Morgan fingerprint density at radius 1 is 1.11 bits per heavy atom. The normalized spacial score (nSPS) is 21.7. The zero-order valence-corrected chi connectivity index (χ0v) is 26.9. The molecule has 0 bridgehead atoms. The number of rotatable bonds is 10. The molecule has 1 spiro atoms. The predicted molar refractivity (Wildman–Crippen MR) is 167 cm³/mol. The maximum absolute atomic E-state index is 13.5. The maximum atomic E-state index is 13.5. The molecule has 242 valence electrons. The first kappa shape index (κ1) is 33.7. The number of nitrogens with zero attached hydrogens (tertiary/aromatic N) is 1. The highest BCUT2D eigenvalue weighted by Gasteiger charge is 2.47. The molecular formula is C33H47ClN4O6. The molecule has 2 saturated heterocycles. The number of hydrogen-bond donors (Lipinski definition) is 3. The summed E-state index contributed by atoms with van der Waals surface area (Å²) in [5.74, 6) is -0.666. The Morgan fingerprint density at radius 3 is 2.45 bits per heavy atom. The van der Waals surface area contributed by atoms with Crippen LogP contribution in [0.15, 0.2) is 24.3 Å². The van der Waals surface area contributed by atoms with Crippen LogP contribution in [0.3, 0.4) is 0 Å². The minimum Gasteiger partial charge on any atom is -0.445 e. The second kappa shape index (κ2) is 14.8. The summed E-state index contributed by atoms with van der Waals surface area (Å²) in [7, 11) is 0. The van der Waals surface area contributed by atoms with E-state index in [1.165, 1.54) is 0 Å². The topological polar surface area (TPSA) is 134 Å². The number of carbonyl (C=O) groups is 5. The summed E-state index contributed by atoms with van der Waals surface area (Å²) in [5, 5.41) is 9.19. The molecule has 3 N–H and O–H groups in total. The molecule has 1 saturated carbocycles. The molecule has 2 aliphatic heterocycles. The first-order valence-corrected chi connectivity index (χ1v) is 16.3. The fraction of sp³-hybridized carbons (Fsp3) is 0.667. The van der Waals surface area contributed by atoms with Crippen molar-refractivity contribution in [1.82, 2.24) is 20.9 Å². The molecule has 4 rings (SSSR count). The third kappa shape index (κ3) is 9.19. The lowest BCUT2D eigenvalue weighted by molar-refractivity contribution is -0.141. The average molecular weight is 631 g/mol. The summed E-state index contributed by atoms with van der Waals surface area (Å²) >= 11 is 6.02. The van der Waals surface area contributed by atoms with Crippen LogP contribution >= 0.6 is 11.6 Å². The SMILES string of the molecule is CC(C)(C)C(=O)N1CCC2(CC1)CC(CC(C=O)NC(=O)[C@H](CC1CCCCC1)NC(=O)OCc1cccc(Cl)c1)C(=O)N2. The fourth-order valence-corrected chi connectivity index (χ4v) is 7.01. The molecule has 10 nitrogen and oxygen atoms in total. The van der Waals surface area contributed by atoms with Crippen LogP contribution < -0.4 is 16.0 Å². The quantitative estimate of drug-likeness (QED) is 0.326. The lowest BCUT2D eigenvalue weighted by Gasteiger charge is -2.41. The average Bonchev–Trinajstić information content (AvgIpc) is 3.29. The van der Waals surface area contributed by atoms with Gasteiger partial charge in [0.25, 0.3) is 0 Å². The van der Waals surface area contributed by atoms with Gasteiger partial charge in [-0.25, -0.2) is 4.79 Å². The van der Waals surface area contributed by atoms with Crippen molar-refractivity contribution < 1.29 is 28.7 Å². The molecule has 1 aromatic rings. The molecule has 2 heterocycles. The van der Waals surface area contributed by atoms with Crippen molar-refractivity contribution in [2.75, 3.05) is 13.1 Å². The van der Waals surface area contributed by atoms with Crippen LogP contribution in [0.5, 0.6) is 0 Å². The van der Waals surface area contributed by atoms with E-state index in [1.54, 1.807) is 24.3 Å². The number of carbonyl (C=O) groups excluding carboxylic acids is 5. The smallest absolute Gasteiger partial charge is 0.408 e. The van der Waals surface area contributed by atoms with Crippen molar-refractivity contribution in [3.05, 3.63) is 34.9 Å². The largest absolute Gasteiger partial charge is 0.445 e. The Morgan fingerprint density at radius 2 is 1.82 bits per heavy atom. The summed E-state index contributed by atoms with van der Waals surface area (Å²) in [6, 6.07) is 5.23. The predicted octanol–water partition coefficient (Wildman–Crippen LogP) is 4.52. The molecule has 0 aromatic heterocycles. The van der Waals surface area contributed by atoms with Crippen LogP contribution in [-0.4, -0.2) is 65.7 Å². The molecular weight excluding hydrogens is 584 g/mol. The van der Waals surface area contributed by atoms with E-state index in [-0.39, 0.29) is 30.8 Å². The van der Waals surface area contributed by atoms with Crippen LogP contribution in [0, 0.1) is 17.3 Å². The van der Waals surface area contributed by atoms with Gasteiger partial charge in [0, 0.05) is 35.0 Å². The molecule has 1 aromatic carbocycles. The molecule has 2 unspecified atom stereocenters. The third-order valence-corrected chi connectivity index (χ3v) is 9.47. The Bertz CT molecular complexity index is 1200. The van der Waals surface area contributed by atoms with Crippen LogP contribution in [0.2, 0.25) is 5.02 Å². The number of ether oxygens (including phenoxy) is 1. The Kier molecular flexibility index (Phi) is 11.3. The van der Waals surface area contributed by atoms with Crippen LogP contribution in [0.1, 0.15) is 90.5 Å². The van der Waals surface area contributed by atoms with Gasteiger partial charge in [-0.05, 0) is 55.7 Å². The van der Waals surface area contributed by atoms with Crippen LogP contribution in [0.4, 0.5) is 4.79 Å². The van der Waals surface area contributed by atoms with Gasteiger partial charge < -0.3 is 30.4 Å². The second-order valence-corrected chi connectivity index (χ2v) is 14.3. The Labute approximate surface area is 265 Å². The first-order chi connectivity index (χ1) is 20.9. The van der Waals surface area contributed by atoms with E-state index in [1.807, 2.05) is 25.7 Å². The lowest BCUT2D eigenvalue weighted by Crippen LogP contribution is -2.53.